The lowest BCUT2D eigenvalue weighted by atomic mass is 9.78. The van der Waals surface area contributed by atoms with E-state index in [9.17, 15) is 9.59 Å². The molecule has 8 heteroatoms. The van der Waals surface area contributed by atoms with Gasteiger partial charge in [-0.15, -0.1) is 24.8 Å². The Balaban J connectivity index is 0.00000324. The van der Waals surface area contributed by atoms with Crippen LogP contribution in [0.25, 0.3) is 0 Å². The summed E-state index contributed by atoms with van der Waals surface area (Å²) in [4.78, 5) is 29.2. The molecule has 6 nitrogen and oxygen atoms in total. The molecule has 0 aliphatic carbocycles. The molecule has 0 spiro atoms. The predicted molar refractivity (Wildman–Crippen MR) is 149 cm³/mol. The van der Waals surface area contributed by atoms with Crippen LogP contribution in [-0.2, 0) is 24.7 Å². The van der Waals surface area contributed by atoms with Crippen LogP contribution in [-0.4, -0.2) is 66.6 Å². The molecule has 3 rings (SSSR count). The number of likely N-dealkylation sites (tertiary alicyclic amines) is 2. The monoisotopic (exact) mass is 542 g/mol. The normalized spacial score (nSPS) is 26.5. The number of ether oxygens (including phenoxy) is 2. The molecule has 3 unspecified atom stereocenters. The zero-order valence-electron chi connectivity index (χ0n) is 22.4. The molecule has 0 amide bonds. The van der Waals surface area contributed by atoms with Crippen molar-refractivity contribution in [3.63, 3.8) is 0 Å². The van der Waals surface area contributed by atoms with Gasteiger partial charge in [0.1, 0.15) is 11.2 Å². The maximum Gasteiger partial charge on any atom is 0.306 e. The van der Waals surface area contributed by atoms with Gasteiger partial charge in [0.15, 0.2) is 0 Å². The first-order valence-electron chi connectivity index (χ1n) is 12.8. The van der Waals surface area contributed by atoms with Gasteiger partial charge in [-0.25, -0.2) is 0 Å². The fraction of sp³-hybridized carbons (Fsp3) is 0.643. The van der Waals surface area contributed by atoms with Crippen LogP contribution in [0.1, 0.15) is 65.4 Å². The van der Waals surface area contributed by atoms with Gasteiger partial charge in [0, 0.05) is 70.2 Å². The molecule has 204 valence electrons. The molecule has 1 aromatic carbocycles. The average molecular weight is 544 g/mol. The molecular weight excluding hydrogens is 499 g/mol. The number of halogens is 2. The van der Waals surface area contributed by atoms with Crippen molar-refractivity contribution in [2.45, 2.75) is 77.0 Å². The molecular formula is C28H44Cl2N2O4. The molecule has 36 heavy (non-hydrogen) atoms. The van der Waals surface area contributed by atoms with Gasteiger partial charge >= 0.3 is 11.9 Å². The van der Waals surface area contributed by atoms with Crippen LogP contribution in [0.5, 0.6) is 0 Å². The minimum absolute atomic E-state index is 0. The van der Waals surface area contributed by atoms with Gasteiger partial charge in [-0.1, -0.05) is 57.2 Å². The van der Waals surface area contributed by atoms with E-state index in [4.69, 9.17) is 9.47 Å². The van der Waals surface area contributed by atoms with E-state index in [1.807, 2.05) is 32.0 Å². The third kappa shape index (κ3) is 7.70. The highest BCUT2D eigenvalue weighted by atomic mass is 35.5. The number of piperidine rings is 2. The van der Waals surface area contributed by atoms with Crippen molar-refractivity contribution < 1.29 is 19.1 Å². The second kappa shape index (κ2) is 14.4. The van der Waals surface area contributed by atoms with E-state index in [1.165, 1.54) is 0 Å². The second-order valence-electron chi connectivity index (χ2n) is 10.1. The fourth-order valence-electron chi connectivity index (χ4n) is 5.26. The molecule has 0 bridgehead atoms. The number of carbonyl (C=O) groups excluding carboxylic acids is 2. The van der Waals surface area contributed by atoms with E-state index < -0.39 is 11.2 Å². The summed E-state index contributed by atoms with van der Waals surface area (Å²) in [6, 6.07) is 10.5. The summed E-state index contributed by atoms with van der Waals surface area (Å²) in [5.74, 6) is -0.0696. The second-order valence-corrected chi connectivity index (χ2v) is 10.1. The van der Waals surface area contributed by atoms with Crippen LogP contribution in [0.2, 0.25) is 0 Å². The molecule has 0 aromatic heterocycles. The van der Waals surface area contributed by atoms with Gasteiger partial charge in [0.05, 0.1) is 0 Å². The highest BCUT2D eigenvalue weighted by Crippen LogP contribution is 2.38. The molecule has 0 saturated carbocycles. The van der Waals surface area contributed by atoms with E-state index in [1.54, 1.807) is 0 Å². The molecule has 2 heterocycles. The number of benzene rings is 1. The zero-order chi connectivity index (χ0) is 24.8. The van der Waals surface area contributed by atoms with Crippen LogP contribution in [0.3, 0.4) is 0 Å². The Morgan fingerprint density at radius 3 is 2.17 bits per heavy atom. The Bertz CT molecular complexity index is 858. The molecule has 0 N–H and O–H groups in total. The van der Waals surface area contributed by atoms with Crippen molar-refractivity contribution in [2.75, 3.05) is 33.2 Å². The van der Waals surface area contributed by atoms with Crippen LogP contribution in [0.15, 0.2) is 42.5 Å². The van der Waals surface area contributed by atoms with Gasteiger partial charge in [0.25, 0.3) is 0 Å². The number of carbonyl (C=O) groups is 2. The summed E-state index contributed by atoms with van der Waals surface area (Å²) in [6.07, 6.45) is 7.42. The Labute approximate surface area is 229 Å². The summed E-state index contributed by atoms with van der Waals surface area (Å²) >= 11 is 0. The van der Waals surface area contributed by atoms with Crippen molar-refractivity contribution in [3.8, 4) is 0 Å². The SMILES string of the molecule is CCC(=O)OC1(c2ccccc2)CCN(C/C=C/C2(OC(=O)CC)CC(C)N(C)CC2C)CC1.Cl.Cl. The smallest absolute Gasteiger partial charge is 0.306 e. The molecule has 2 aliphatic heterocycles. The number of esters is 2. The van der Waals surface area contributed by atoms with Crippen molar-refractivity contribution in [1.29, 1.82) is 0 Å². The molecule has 0 radical (unpaired) electrons. The Morgan fingerprint density at radius 1 is 1.00 bits per heavy atom. The Kier molecular flexibility index (Phi) is 12.9. The first-order chi connectivity index (χ1) is 16.2. The van der Waals surface area contributed by atoms with Crippen molar-refractivity contribution >= 4 is 36.8 Å². The number of hydrogen-bond acceptors (Lipinski definition) is 6. The van der Waals surface area contributed by atoms with Crippen LogP contribution in [0, 0.1) is 5.92 Å². The fourth-order valence-corrected chi connectivity index (χ4v) is 5.26. The topological polar surface area (TPSA) is 59.1 Å². The number of hydrogen-bond donors (Lipinski definition) is 0. The predicted octanol–water partition coefficient (Wildman–Crippen LogP) is 5.38. The summed E-state index contributed by atoms with van der Waals surface area (Å²) in [6.45, 7) is 11.4. The maximum absolute atomic E-state index is 12.3. The largest absolute Gasteiger partial charge is 0.454 e. The number of rotatable bonds is 8. The first kappa shape index (κ1) is 32.4. The lowest BCUT2D eigenvalue weighted by Gasteiger charge is -2.46. The molecule has 2 saturated heterocycles. The average Bonchev–Trinajstić information content (AvgIpc) is 2.84. The third-order valence-electron chi connectivity index (χ3n) is 7.68. The van der Waals surface area contributed by atoms with Crippen molar-refractivity contribution in [3.05, 3.63) is 48.0 Å². The minimum atomic E-state index is -0.556. The van der Waals surface area contributed by atoms with E-state index in [0.717, 1.165) is 51.0 Å². The van der Waals surface area contributed by atoms with Crippen LogP contribution >= 0.6 is 24.8 Å². The summed E-state index contributed by atoms with van der Waals surface area (Å²) in [5.41, 5.74) is -0.0320. The lowest BCUT2D eigenvalue weighted by molar-refractivity contribution is -0.167. The van der Waals surface area contributed by atoms with E-state index in [2.05, 4.69) is 55.0 Å². The van der Waals surface area contributed by atoms with Gasteiger partial charge in [0.2, 0.25) is 0 Å². The van der Waals surface area contributed by atoms with Gasteiger partial charge in [-0.3, -0.25) is 14.5 Å². The van der Waals surface area contributed by atoms with E-state index >= 15 is 0 Å². The summed E-state index contributed by atoms with van der Waals surface area (Å²) < 4.78 is 12.1. The third-order valence-corrected chi connectivity index (χ3v) is 7.68. The van der Waals surface area contributed by atoms with Gasteiger partial charge < -0.3 is 14.4 Å². The highest BCUT2D eigenvalue weighted by molar-refractivity contribution is 5.85. The minimum Gasteiger partial charge on any atom is -0.454 e. The first-order valence-corrected chi connectivity index (χ1v) is 12.8. The summed E-state index contributed by atoms with van der Waals surface area (Å²) in [5, 5.41) is 0. The van der Waals surface area contributed by atoms with E-state index in [-0.39, 0.29) is 42.7 Å². The molecule has 1 aromatic rings. The Morgan fingerprint density at radius 2 is 1.58 bits per heavy atom. The lowest BCUT2D eigenvalue weighted by Crippen LogP contribution is -2.54. The molecule has 2 aliphatic rings. The molecule has 2 fully saturated rings. The van der Waals surface area contributed by atoms with Crippen LogP contribution < -0.4 is 0 Å². The maximum atomic E-state index is 12.3. The highest BCUT2D eigenvalue weighted by Gasteiger charge is 2.44. The van der Waals surface area contributed by atoms with Gasteiger partial charge in [-0.05, 0) is 25.6 Å². The molecule has 3 atom stereocenters. The summed E-state index contributed by atoms with van der Waals surface area (Å²) in [7, 11) is 2.13. The van der Waals surface area contributed by atoms with Crippen LogP contribution in [0.4, 0.5) is 0 Å². The van der Waals surface area contributed by atoms with Gasteiger partial charge in [-0.2, -0.15) is 0 Å². The Hall–Kier alpha value is -1.60. The number of nitrogens with zero attached hydrogens (tertiary/aromatic N) is 2. The standard InChI is InChI=1S/C28H42N2O4.2ClH/c1-6-25(31)33-27(24-12-9-8-10-13-24)15-18-30(19-16-27)17-11-14-28(34-26(32)7-2)20-23(4)29(5)21-22(28)3;;/h8-14,22-23H,6-7,15-21H2,1-5H3;2*1H/b14-11+;;. The van der Waals surface area contributed by atoms with Crippen molar-refractivity contribution in [1.82, 2.24) is 9.80 Å². The quantitative estimate of drug-likeness (QED) is 0.324. The zero-order valence-corrected chi connectivity index (χ0v) is 24.0. The van der Waals surface area contributed by atoms with Crippen molar-refractivity contribution in [2.24, 2.45) is 5.92 Å². The van der Waals surface area contributed by atoms with E-state index in [0.29, 0.717) is 18.9 Å².